The number of aliphatic hydroxyl groups excluding tert-OH is 1. The molecule has 0 aliphatic carbocycles. The van der Waals surface area contributed by atoms with Gasteiger partial charge in [0.05, 0.1) is 11.6 Å². The van der Waals surface area contributed by atoms with Gasteiger partial charge in [0.1, 0.15) is 5.76 Å². The van der Waals surface area contributed by atoms with Crippen LogP contribution in [-0.4, -0.2) is 23.6 Å². The number of anilines is 1. The van der Waals surface area contributed by atoms with Crippen molar-refractivity contribution >= 4 is 33.9 Å². The standard InChI is InChI=1S/C28H19NO5/c30-26(21-12-6-10-17-7-4-5-11-20(17)21)24-25(18-8-2-1-3-9-18)29(28(32)27(24)31)19-13-14-22-23(15-19)34-16-33-22/h1-15,25,30H,16H2/b26-24-. The molecule has 0 saturated carbocycles. The maximum atomic E-state index is 13.4. The average molecular weight is 449 g/mol. The van der Waals surface area contributed by atoms with E-state index in [0.717, 1.165) is 10.8 Å². The van der Waals surface area contributed by atoms with Gasteiger partial charge < -0.3 is 14.6 Å². The number of hydrogen-bond acceptors (Lipinski definition) is 5. The molecule has 1 atom stereocenters. The molecule has 1 amide bonds. The van der Waals surface area contributed by atoms with E-state index in [2.05, 4.69) is 0 Å². The molecular weight excluding hydrogens is 430 g/mol. The van der Waals surface area contributed by atoms with Crippen LogP contribution in [0.2, 0.25) is 0 Å². The van der Waals surface area contributed by atoms with Gasteiger partial charge in [-0.2, -0.15) is 0 Å². The van der Waals surface area contributed by atoms with Gasteiger partial charge in [0.25, 0.3) is 11.7 Å². The third-order valence-corrected chi connectivity index (χ3v) is 6.24. The Hall–Kier alpha value is -4.58. The molecule has 6 rings (SSSR count). The van der Waals surface area contributed by atoms with Crippen LogP contribution in [0.5, 0.6) is 11.5 Å². The Morgan fingerprint density at radius 3 is 2.41 bits per heavy atom. The van der Waals surface area contributed by atoms with E-state index < -0.39 is 17.7 Å². The van der Waals surface area contributed by atoms with Gasteiger partial charge in [-0.15, -0.1) is 0 Å². The van der Waals surface area contributed by atoms with E-state index in [-0.39, 0.29) is 18.1 Å². The van der Waals surface area contributed by atoms with Gasteiger partial charge in [-0.1, -0.05) is 72.8 Å². The highest BCUT2D eigenvalue weighted by Gasteiger charge is 2.47. The number of amides is 1. The third kappa shape index (κ3) is 3.03. The zero-order valence-electron chi connectivity index (χ0n) is 18.0. The number of Topliss-reactive ketones (excluding diaryl/α,β-unsaturated/α-hetero) is 1. The van der Waals surface area contributed by atoms with Crippen LogP contribution < -0.4 is 14.4 Å². The summed E-state index contributed by atoms with van der Waals surface area (Å²) in [6.07, 6.45) is 0. The van der Waals surface area contributed by atoms with Crippen molar-refractivity contribution in [1.82, 2.24) is 0 Å². The van der Waals surface area contributed by atoms with Crippen LogP contribution in [0.25, 0.3) is 16.5 Å². The molecule has 1 unspecified atom stereocenters. The summed E-state index contributed by atoms with van der Waals surface area (Å²) in [7, 11) is 0. The first kappa shape index (κ1) is 20.1. The van der Waals surface area contributed by atoms with Crippen molar-refractivity contribution < 1.29 is 24.2 Å². The summed E-state index contributed by atoms with van der Waals surface area (Å²) in [6, 6.07) is 26.6. The maximum Gasteiger partial charge on any atom is 0.300 e. The predicted molar refractivity (Wildman–Crippen MR) is 128 cm³/mol. The largest absolute Gasteiger partial charge is 0.507 e. The minimum atomic E-state index is -0.805. The topological polar surface area (TPSA) is 76.1 Å². The summed E-state index contributed by atoms with van der Waals surface area (Å²) in [6.45, 7) is 0.0980. The number of carbonyl (C=O) groups excluding carboxylic acids is 2. The molecule has 1 N–H and O–H groups in total. The summed E-state index contributed by atoms with van der Waals surface area (Å²) in [5.74, 6) is -0.577. The lowest BCUT2D eigenvalue weighted by Gasteiger charge is -2.25. The summed E-state index contributed by atoms with van der Waals surface area (Å²) < 4.78 is 10.9. The summed E-state index contributed by atoms with van der Waals surface area (Å²) >= 11 is 0. The maximum absolute atomic E-state index is 13.4. The second-order valence-electron chi connectivity index (χ2n) is 8.14. The van der Waals surface area contributed by atoms with Crippen LogP contribution in [0.1, 0.15) is 17.2 Å². The summed E-state index contributed by atoms with van der Waals surface area (Å²) in [4.78, 5) is 28.2. The van der Waals surface area contributed by atoms with Crippen molar-refractivity contribution in [2.75, 3.05) is 11.7 Å². The molecular formula is C28H19NO5. The van der Waals surface area contributed by atoms with E-state index in [4.69, 9.17) is 9.47 Å². The lowest BCUT2D eigenvalue weighted by molar-refractivity contribution is -0.132. The van der Waals surface area contributed by atoms with E-state index in [1.54, 1.807) is 24.3 Å². The molecule has 2 aliphatic rings. The normalized spacial score (nSPS) is 18.6. The monoisotopic (exact) mass is 449 g/mol. The van der Waals surface area contributed by atoms with Crippen LogP contribution in [-0.2, 0) is 9.59 Å². The number of hydrogen-bond donors (Lipinski definition) is 1. The Morgan fingerprint density at radius 1 is 0.824 bits per heavy atom. The molecule has 4 aromatic carbocycles. The van der Waals surface area contributed by atoms with E-state index in [1.165, 1.54) is 4.90 Å². The first-order valence-electron chi connectivity index (χ1n) is 10.9. The fourth-order valence-corrected chi connectivity index (χ4v) is 4.66. The summed E-state index contributed by atoms with van der Waals surface area (Å²) in [5.41, 5.74) is 1.74. The van der Waals surface area contributed by atoms with E-state index in [9.17, 15) is 14.7 Å². The molecule has 6 heteroatoms. The van der Waals surface area contributed by atoms with Crippen molar-refractivity contribution in [2.45, 2.75) is 6.04 Å². The van der Waals surface area contributed by atoms with Crippen molar-refractivity contribution in [3.8, 4) is 11.5 Å². The van der Waals surface area contributed by atoms with Gasteiger partial charge in [0.2, 0.25) is 6.79 Å². The Labute approximate surface area is 195 Å². The van der Waals surface area contributed by atoms with Gasteiger partial charge in [-0.3, -0.25) is 14.5 Å². The van der Waals surface area contributed by atoms with E-state index in [0.29, 0.717) is 28.3 Å². The number of fused-ring (bicyclic) bond motifs is 2. The SMILES string of the molecule is O=C1C(=O)N(c2ccc3c(c2)OCO3)C(c2ccccc2)/C1=C(/O)c1cccc2ccccc12. The van der Waals surface area contributed by atoms with Crippen LogP contribution in [0.3, 0.4) is 0 Å². The predicted octanol–water partition coefficient (Wildman–Crippen LogP) is 5.19. The molecule has 4 aromatic rings. The first-order chi connectivity index (χ1) is 16.6. The molecule has 1 fully saturated rings. The Bertz CT molecular complexity index is 1490. The zero-order valence-corrected chi connectivity index (χ0v) is 18.0. The summed E-state index contributed by atoms with van der Waals surface area (Å²) in [5, 5.41) is 13.2. The lowest BCUT2D eigenvalue weighted by atomic mass is 9.93. The number of aliphatic hydroxyl groups is 1. The van der Waals surface area contributed by atoms with Crippen LogP contribution in [0, 0.1) is 0 Å². The molecule has 34 heavy (non-hydrogen) atoms. The van der Waals surface area contributed by atoms with Gasteiger partial charge in [-0.25, -0.2) is 0 Å². The number of carbonyl (C=O) groups is 2. The molecule has 0 radical (unpaired) electrons. The Morgan fingerprint density at radius 2 is 1.56 bits per heavy atom. The lowest BCUT2D eigenvalue weighted by Crippen LogP contribution is -2.29. The fourth-order valence-electron chi connectivity index (χ4n) is 4.66. The van der Waals surface area contributed by atoms with E-state index in [1.807, 2.05) is 66.7 Å². The number of nitrogens with zero attached hydrogens (tertiary/aromatic N) is 1. The van der Waals surface area contributed by atoms with Crippen molar-refractivity contribution in [3.63, 3.8) is 0 Å². The Kier molecular flexibility index (Phi) is 4.59. The Balaban J connectivity index is 1.58. The van der Waals surface area contributed by atoms with Crippen LogP contribution >= 0.6 is 0 Å². The van der Waals surface area contributed by atoms with Gasteiger partial charge in [0.15, 0.2) is 11.5 Å². The van der Waals surface area contributed by atoms with Crippen molar-refractivity contribution in [3.05, 3.63) is 108 Å². The number of benzene rings is 4. The fraction of sp³-hybridized carbons (Fsp3) is 0.0714. The minimum Gasteiger partial charge on any atom is -0.507 e. The van der Waals surface area contributed by atoms with Gasteiger partial charge >= 0.3 is 0 Å². The van der Waals surface area contributed by atoms with Crippen LogP contribution in [0.4, 0.5) is 5.69 Å². The molecule has 0 aromatic heterocycles. The molecule has 2 aliphatic heterocycles. The molecule has 166 valence electrons. The third-order valence-electron chi connectivity index (χ3n) is 6.24. The number of ketones is 1. The number of rotatable bonds is 3. The van der Waals surface area contributed by atoms with Gasteiger partial charge in [-0.05, 0) is 28.5 Å². The van der Waals surface area contributed by atoms with Gasteiger partial charge in [0, 0.05) is 17.3 Å². The van der Waals surface area contributed by atoms with Crippen LogP contribution in [0.15, 0.2) is 96.6 Å². The first-order valence-corrected chi connectivity index (χ1v) is 10.9. The average Bonchev–Trinajstić information content (AvgIpc) is 3.45. The molecule has 2 heterocycles. The highest BCUT2D eigenvalue weighted by Crippen LogP contribution is 2.45. The quantitative estimate of drug-likeness (QED) is 0.265. The molecule has 6 nitrogen and oxygen atoms in total. The highest BCUT2D eigenvalue weighted by molar-refractivity contribution is 6.51. The highest BCUT2D eigenvalue weighted by atomic mass is 16.7. The molecule has 0 spiro atoms. The smallest absolute Gasteiger partial charge is 0.300 e. The number of ether oxygens (including phenoxy) is 2. The second-order valence-corrected chi connectivity index (χ2v) is 8.14. The van der Waals surface area contributed by atoms with E-state index >= 15 is 0 Å². The van der Waals surface area contributed by atoms with Crippen molar-refractivity contribution in [1.29, 1.82) is 0 Å². The second kappa shape index (κ2) is 7.78. The molecule has 0 bridgehead atoms. The molecule has 1 saturated heterocycles. The zero-order chi connectivity index (χ0) is 23.2. The van der Waals surface area contributed by atoms with Crippen molar-refractivity contribution in [2.24, 2.45) is 0 Å². The minimum absolute atomic E-state index is 0.0465.